The van der Waals surface area contributed by atoms with Gasteiger partial charge in [0.15, 0.2) is 0 Å². The second-order valence-electron chi connectivity index (χ2n) is 12.7. The molecule has 2 heteroatoms. The van der Waals surface area contributed by atoms with Crippen LogP contribution in [0.2, 0.25) is 0 Å². The molecule has 252 valence electrons. The molecule has 0 radical (unpaired) electrons. The summed E-state index contributed by atoms with van der Waals surface area (Å²) in [5, 5.41) is 0. The number of rotatable bonds is 0. The molecule has 0 fully saturated rings. The summed E-state index contributed by atoms with van der Waals surface area (Å²) in [6.45, 7) is 11.8. The Bertz CT molecular complexity index is 2490. The van der Waals surface area contributed by atoms with Crippen molar-refractivity contribution in [1.82, 2.24) is 0 Å². The second-order valence-corrected chi connectivity index (χ2v) is 12.7. The van der Waals surface area contributed by atoms with Gasteiger partial charge in [-0.3, -0.25) is 0 Å². The zero-order valence-electron chi connectivity index (χ0n) is 30.3. The summed E-state index contributed by atoms with van der Waals surface area (Å²) >= 11 is 0. The Morgan fingerprint density at radius 3 is 1.12 bits per heavy atom. The van der Waals surface area contributed by atoms with Crippen molar-refractivity contribution in [2.45, 2.75) is 41.5 Å². The Kier molecular flexibility index (Phi) is 12.3. The van der Waals surface area contributed by atoms with Gasteiger partial charge >= 0.3 is 0 Å². The monoisotopic (exact) mass is 676 g/mol. The van der Waals surface area contributed by atoms with Crippen molar-refractivity contribution in [1.29, 1.82) is 0 Å². The van der Waals surface area contributed by atoms with Crippen molar-refractivity contribution in [2.24, 2.45) is 0 Å². The minimum atomic E-state index is -0.283. The van der Waals surface area contributed by atoms with E-state index in [9.17, 15) is 8.78 Å². The van der Waals surface area contributed by atoms with Crippen molar-refractivity contribution in [3.63, 3.8) is 0 Å². The summed E-state index contributed by atoms with van der Waals surface area (Å²) in [6, 6.07) is 38.3. The molecule has 0 amide bonds. The summed E-state index contributed by atoms with van der Waals surface area (Å²) in [5.74, 6) is 24.3. The maximum absolute atomic E-state index is 13.9. The van der Waals surface area contributed by atoms with Gasteiger partial charge in [0, 0.05) is 38.9 Å². The number of halogens is 2. The molecule has 0 saturated carbocycles. The smallest absolute Gasteiger partial charge is 0.139 e. The van der Waals surface area contributed by atoms with Gasteiger partial charge in [-0.2, -0.15) is 0 Å². The van der Waals surface area contributed by atoms with Crippen LogP contribution in [0.1, 0.15) is 77.9 Å². The maximum atomic E-state index is 13.9. The van der Waals surface area contributed by atoms with Gasteiger partial charge in [-0.1, -0.05) is 94.9 Å². The summed E-state index contributed by atoms with van der Waals surface area (Å²) in [4.78, 5) is 0. The van der Waals surface area contributed by atoms with Gasteiger partial charge in [-0.15, -0.1) is 0 Å². The first-order chi connectivity index (χ1) is 25.0. The lowest BCUT2D eigenvalue weighted by atomic mass is 10.0. The highest BCUT2D eigenvalue weighted by atomic mass is 19.1. The molecule has 0 aliphatic heterocycles. The van der Waals surface area contributed by atoms with Crippen molar-refractivity contribution in [3.05, 3.63) is 211 Å². The highest BCUT2D eigenvalue weighted by Crippen LogP contribution is 2.14. The van der Waals surface area contributed by atoms with Crippen LogP contribution in [0.4, 0.5) is 8.78 Å². The fourth-order valence-corrected chi connectivity index (χ4v) is 4.99. The highest BCUT2D eigenvalue weighted by molar-refractivity contribution is 5.53. The molecule has 0 nitrogen and oxygen atoms in total. The molecule has 0 unspecified atom stereocenters. The molecule has 0 aliphatic rings. The topological polar surface area (TPSA) is 0 Å². The van der Waals surface area contributed by atoms with Gasteiger partial charge in [0.2, 0.25) is 0 Å². The fraction of sp³-hybridized carbons (Fsp3) is 0.120. The van der Waals surface area contributed by atoms with E-state index in [0.717, 1.165) is 50.1 Å². The van der Waals surface area contributed by atoms with Gasteiger partial charge in [0.05, 0.1) is 5.56 Å². The highest BCUT2D eigenvalue weighted by Gasteiger charge is 2.01. The molecule has 0 atom stereocenters. The molecule has 6 aromatic rings. The van der Waals surface area contributed by atoms with E-state index in [0.29, 0.717) is 16.7 Å². The van der Waals surface area contributed by atoms with Crippen molar-refractivity contribution < 1.29 is 8.78 Å². The van der Waals surface area contributed by atoms with Crippen LogP contribution in [0.25, 0.3) is 0 Å². The van der Waals surface area contributed by atoms with Crippen LogP contribution in [0.15, 0.2) is 121 Å². The molecule has 0 saturated heterocycles. The first-order valence-corrected chi connectivity index (χ1v) is 17.0. The average molecular weight is 677 g/mol. The third-order valence-electron chi connectivity index (χ3n) is 8.23. The van der Waals surface area contributed by atoms with Gasteiger partial charge in [0.25, 0.3) is 0 Å². The Morgan fingerprint density at radius 1 is 0.288 bits per heavy atom. The normalized spacial score (nSPS) is 9.69. The standard InChI is InChI=1S/2C25H19F/c1-18-4-7-21(8-5-18)9-13-23-14-10-22(17-20(23)3)11-15-24-12-6-19(2)16-25(24)26;1-18-4-7-21(8-5-18)12-14-24-15-13-22(16-20(24)3)10-11-23-9-6-19(2)25(26)17-23/h4-8,10,12,14,16-17H,1-3H3;4-9,13,15-17H,1-3H3. The van der Waals surface area contributed by atoms with Crippen molar-refractivity contribution >= 4 is 0 Å². The molecule has 6 aromatic carbocycles. The fourth-order valence-electron chi connectivity index (χ4n) is 4.99. The van der Waals surface area contributed by atoms with Gasteiger partial charge in [-0.25, -0.2) is 8.78 Å². The summed E-state index contributed by atoms with van der Waals surface area (Å²) in [5.41, 5.74) is 12.9. The van der Waals surface area contributed by atoms with E-state index in [1.54, 1.807) is 19.1 Å². The van der Waals surface area contributed by atoms with Crippen molar-refractivity contribution in [2.75, 3.05) is 0 Å². The van der Waals surface area contributed by atoms with E-state index in [1.807, 2.05) is 93.6 Å². The number of hydrogen-bond acceptors (Lipinski definition) is 0. The van der Waals surface area contributed by atoms with Gasteiger partial charge in [0.1, 0.15) is 11.6 Å². The Labute approximate surface area is 307 Å². The third-order valence-corrected chi connectivity index (χ3v) is 8.23. The first kappa shape index (κ1) is 36.7. The maximum Gasteiger partial charge on any atom is 0.139 e. The molecular formula is C50H38F2. The second kappa shape index (κ2) is 17.4. The predicted molar refractivity (Wildman–Crippen MR) is 211 cm³/mol. The molecule has 0 aliphatic carbocycles. The number of benzene rings is 6. The summed E-state index contributed by atoms with van der Waals surface area (Å²) < 4.78 is 27.4. The van der Waals surface area contributed by atoms with Crippen LogP contribution in [0.3, 0.4) is 0 Å². The molecule has 0 aromatic heterocycles. The van der Waals surface area contributed by atoms with Crippen LogP contribution in [0.5, 0.6) is 0 Å². The summed E-state index contributed by atoms with van der Waals surface area (Å²) in [6.07, 6.45) is 0. The third kappa shape index (κ3) is 10.7. The lowest BCUT2D eigenvalue weighted by molar-refractivity contribution is 0.618. The van der Waals surface area contributed by atoms with Crippen LogP contribution in [-0.2, 0) is 0 Å². The SMILES string of the molecule is Cc1ccc(C#Cc2ccc(C#Cc3ccc(C)c(F)c3)cc2C)cc1.Cc1ccc(C#Cc2ccc(C#Cc3ccc(C)cc3F)cc2C)cc1. The number of hydrogen-bond donors (Lipinski definition) is 0. The van der Waals surface area contributed by atoms with Gasteiger partial charge < -0.3 is 0 Å². The molecule has 0 bridgehead atoms. The van der Waals surface area contributed by atoms with Crippen LogP contribution < -0.4 is 0 Å². The quantitative estimate of drug-likeness (QED) is 0.141. The first-order valence-electron chi connectivity index (χ1n) is 17.0. The Balaban J connectivity index is 0.000000201. The number of aryl methyl sites for hydroxylation is 6. The van der Waals surface area contributed by atoms with E-state index in [4.69, 9.17) is 0 Å². The Hall–Kier alpha value is -6.58. The lowest BCUT2D eigenvalue weighted by Gasteiger charge is -1.99. The largest absolute Gasteiger partial charge is 0.207 e. The Morgan fingerprint density at radius 2 is 0.654 bits per heavy atom. The zero-order chi connectivity index (χ0) is 37.0. The van der Waals surface area contributed by atoms with Gasteiger partial charge in [-0.05, 0) is 149 Å². The van der Waals surface area contributed by atoms with Crippen molar-refractivity contribution in [3.8, 4) is 47.4 Å². The molecule has 0 N–H and O–H groups in total. The molecule has 6 rings (SSSR count). The predicted octanol–water partition coefficient (Wildman–Crippen LogP) is 11.1. The van der Waals surface area contributed by atoms with Crippen LogP contribution in [-0.4, -0.2) is 0 Å². The minimum absolute atomic E-state index is 0.227. The van der Waals surface area contributed by atoms with Crippen LogP contribution >= 0.6 is 0 Å². The average Bonchev–Trinajstić information content (AvgIpc) is 3.12. The molecule has 52 heavy (non-hydrogen) atoms. The zero-order valence-corrected chi connectivity index (χ0v) is 30.3. The van der Waals surface area contributed by atoms with E-state index in [2.05, 4.69) is 85.5 Å². The van der Waals surface area contributed by atoms with E-state index < -0.39 is 0 Å². The van der Waals surface area contributed by atoms with Crippen LogP contribution in [0, 0.1) is 101 Å². The van der Waals surface area contributed by atoms with E-state index in [-0.39, 0.29) is 11.6 Å². The van der Waals surface area contributed by atoms with E-state index in [1.165, 1.54) is 23.3 Å². The van der Waals surface area contributed by atoms with E-state index >= 15 is 0 Å². The molecule has 0 heterocycles. The molecule has 0 spiro atoms. The lowest BCUT2D eigenvalue weighted by Crippen LogP contribution is -1.87. The molecular weight excluding hydrogens is 639 g/mol. The minimum Gasteiger partial charge on any atom is -0.207 e. The summed E-state index contributed by atoms with van der Waals surface area (Å²) in [7, 11) is 0.